The first kappa shape index (κ1) is 31.8. The monoisotopic (exact) mass is 656 g/mol. The number of carbonyl (C=O) groups is 3. The van der Waals surface area contributed by atoms with Crippen LogP contribution < -0.4 is 20.3 Å². The van der Waals surface area contributed by atoms with Crippen molar-refractivity contribution < 1.29 is 31.6 Å². The number of pyridine rings is 1. The lowest BCUT2D eigenvalue weighted by molar-refractivity contribution is -0.136. The molecule has 3 N–H and O–H groups in total. The first-order chi connectivity index (χ1) is 21.2. The van der Waals surface area contributed by atoms with Crippen LogP contribution in [0.1, 0.15) is 42.7 Å². The van der Waals surface area contributed by atoms with Crippen molar-refractivity contribution in [2.75, 3.05) is 21.2 Å². The quantitative estimate of drug-likeness (QED) is 0.311. The summed E-state index contributed by atoms with van der Waals surface area (Å²) in [5, 5.41) is 15.0. The Morgan fingerprint density at radius 1 is 1.11 bits per heavy atom. The molecule has 2 atom stereocenters. The molecule has 5 rings (SSSR count). The molecular weight excluding hydrogens is 630 g/mol. The Bertz CT molecular complexity index is 1830. The summed E-state index contributed by atoms with van der Waals surface area (Å²) in [6.07, 6.45) is 0.619. The van der Waals surface area contributed by atoms with Gasteiger partial charge in [0.2, 0.25) is 21.8 Å². The minimum absolute atomic E-state index is 0.0841. The zero-order valence-electron chi connectivity index (χ0n) is 23.8. The largest absolute Gasteiger partial charge is 0.352 e. The van der Waals surface area contributed by atoms with E-state index in [2.05, 4.69) is 20.3 Å². The molecule has 0 bridgehead atoms. The predicted octanol–water partition coefficient (Wildman–Crippen LogP) is 4.18. The second-order valence-electron chi connectivity index (χ2n) is 11.0. The van der Waals surface area contributed by atoms with E-state index in [1.807, 2.05) is 6.07 Å². The summed E-state index contributed by atoms with van der Waals surface area (Å²) in [4.78, 5) is 47.8. The number of amides is 3. The second kappa shape index (κ2) is 12.1. The molecule has 11 nitrogen and oxygen atoms in total. The first-order valence-corrected chi connectivity index (χ1v) is 16.0. The Labute approximate surface area is 262 Å². The molecule has 1 aliphatic heterocycles. The van der Waals surface area contributed by atoms with Crippen molar-refractivity contribution in [3.63, 3.8) is 0 Å². The molecule has 0 spiro atoms. The van der Waals surface area contributed by atoms with Gasteiger partial charge in [-0.2, -0.15) is 5.26 Å². The number of benzene rings is 2. The van der Waals surface area contributed by atoms with Crippen molar-refractivity contribution in [2.45, 2.75) is 49.1 Å². The van der Waals surface area contributed by atoms with Gasteiger partial charge < -0.3 is 10.6 Å². The van der Waals surface area contributed by atoms with E-state index in [1.54, 1.807) is 12.1 Å². The molecule has 1 unspecified atom stereocenters. The zero-order chi connectivity index (χ0) is 32.6. The number of alkyl halides is 2. The number of hydrogen-bond acceptors (Lipinski definition) is 7. The van der Waals surface area contributed by atoms with Crippen LogP contribution in [0, 0.1) is 11.3 Å². The third-order valence-electron chi connectivity index (χ3n) is 7.68. The lowest BCUT2D eigenvalue weighted by Gasteiger charge is -2.43. The van der Waals surface area contributed by atoms with Gasteiger partial charge in [-0.15, -0.1) is 0 Å². The summed E-state index contributed by atoms with van der Waals surface area (Å²) >= 11 is 6.60. The maximum absolute atomic E-state index is 14.6. The lowest BCUT2D eigenvalue weighted by Crippen LogP contribution is -2.63. The van der Waals surface area contributed by atoms with Crippen LogP contribution in [-0.2, 0) is 24.4 Å². The van der Waals surface area contributed by atoms with Gasteiger partial charge in [0.05, 0.1) is 29.5 Å². The Balaban J connectivity index is 1.67. The molecule has 234 valence electrons. The minimum Gasteiger partial charge on any atom is -0.352 e. The van der Waals surface area contributed by atoms with Gasteiger partial charge in [0.25, 0.3) is 11.8 Å². The van der Waals surface area contributed by atoms with E-state index in [0.29, 0.717) is 0 Å². The van der Waals surface area contributed by atoms with Crippen LogP contribution in [-0.4, -0.2) is 54.9 Å². The average molecular weight is 657 g/mol. The van der Waals surface area contributed by atoms with Gasteiger partial charge in [0, 0.05) is 42.2 Å². The second-order valence-corrected chi connectivity index (χ2v) is 13.2. The molecule has 1 aromatic heterocycles. The number of nitrogens with one attached hydrogen (secondary N) is 3. The summed E-state index contributed by atoms with van der Waals surface area (Å²) < 4.78 is 53.4. The number of rotatable bonds is 9. The van der Waals surface area contributed by atoms with Crippen LogP contribution in [0.15, 0.2) is 66.9 Å². The lowest BCUT2D eigenvalue weighted by atomic mass is 9.74. The van der Waals surface area contributed by atoms with Gasteiger partial charge in [-0.1, -0.05) is 35.9 Å². The Morgan fingerprint density at radius 2 is 1.82 bits per heavy atom. The van der Waals surface area contributed by atoms with E-state index in [9.17, 15) is 36.8 Å². The highest BCUT2D eigenvalue weighted by Gasteiger charge is 2.61. The molecule has 1 aliphatic carbocycles. The zero-order valence-corrected chi connectivity index (χ0v) is 25.3. The normalized spacial score (nSPS) is 20.1. The molecule has 3 aromatic rings. The highest BCUT2D eigenvalue weighted by molar-refractivity contribution is 7.92. The maximum atomic E-state index is 14.6. The molecule has 2 aromatic carbocycles. The fourth-order valence-electron chi connectivity index (χ4n) is 5.79. The third-order valence-corrected chi connectivity index (χ3v) is 8.63. The maximum Gasteiger partial charge on any atom is 0.252 e. The van der Waals surface area contributed by atoms with Gasteiger partial charge in [0.1, 0.15) is 11.4 Å². The first-order valence-electron chi connectivity index (χ1n) is 13.7. The van der Waals surface area contributed by atoms with Crippen molar-refractivity contribution in [1.29, 1.82) is 5.26 Å². The van der Waals surface area contributed by atoms with Crippen molar-refractivity contribution >= 4 is 56.5 Å². The average Bonchev–Trinajstić information content (AvgIpc) is 3.30. The Morgan fingerprint density at radius 3 is 2.49 bits per heavy atom. The van der Waals surface area contributed by atoms with E-state index >= 15 is 0 Å². The van der Waals surface area contributed by atoms with Crippen LogP contribution in [0.25, 0.3) is 0 Å². The van der Waals surface area contributed by atoms with E-state index in [1.165, 1.54) is 54.7 Å². The molecular formula is C30H27ClF2N6O5S. The number of sulfonamides is 1. The minimum atomic E-state index is -3.66. The third kappa shape index (κ3) is 6.59. The van der Waals surface area contributed by atoms with E-state index in [4.69, 9.17) is 11.6 Å². The molecule has 2 heterocycles. The molecule has 2 aliphatic rings. The molecule has 1 saturated heterocycles. The van der Waals surface area contributed by atoms with Gasteiger partial charge in [-0.3, -0.25) is 24.0 Å². The van der Waals surface area contributed by atoms with Gasteiger partial charge in [0.15, 0.2) is 0 Å². The smallest absolute Gasteiger partial charge is 0.252 e. The van der Waals surface area contributed by atoms with Crippen molar-refractivity contribution in [1.82, 2.24) is 10.3 Å². The summed E-state index contributed by atoms with van der Waals surface area (Å²) in [5.41, 5.74) is -1.52. The van der Waals surface area contributed by atoms with Gasteiger partial charge in [-0.25, -0.2) is 22.2 Å². The number of halogens is 3. The standard InChI is InChI=1S/C30H27ClF2N6O5S/c1-45(43,44)38-20-6-4-5-19(14-20)37-28(42)30(11-9-25(40)39(30)24-13-18(17-34)10-12-35-24)26(22-7-2-3-8-23(22)31)27(41)36-21-15-29(32,33)16-21/h2-8,10,12-14,21,26,38H,9,11,15-16H2,1H3,(H,36,41)(H,37,42)/t26-,30?/m1/s1. The van der Waals surface area contributed by atoms with E-state index < -0.39 is 64.0 Å². The Kier molecular flexibility index (Phi) is 8.52. The Hall–Kier alpha value is -4.61. The molecule has 15 heteroatoms. The number of carbonyl (C=O) groups excluding carboxylic acids is 3. The summed E-state index contributed by atoms with van der Waals surface area (Å²) in [6.45, 7) is 0. The van der Waals surface area contributed by atoms with Crippen LogP contribution in [0.5, 0.6) is 0 Å². The fraction of sp³-hybridized carbons (Fsp3) is 0.300. The topological polar surface area (TPSA) is 161 Å². The fourth-order valence-corrected chi connectivity index (χ4v) is 6.59. The van der Waals surface area contributed by atoms with E-state index in [-0.39, 0.29) is 46.2 Å². The van der Waals surface area contributed by atoms with Crippen LogP contribution >= 0.6 is 11.6 Å². The molecule has 3 amide bonds. The number of aromatic nitrogens is 1. The predicted molar refractivity (Wildman–Crippen MR) is 162 cm³/mol. The van der Waals surface area contributed by atoms with Crippen LogP contribution in [0.2, 0.25) is 5.02 Å². The highest BCUT2D eigenvalue weighted by atomic mass is 35.5. The molecule has 0 radical (unpaired) electrons. The summed E-state index contributed by atoms with van der Waals surface area (Å²) in [5.74, 6) is -6.82. The van der Waals surface area contributed by atoms with Crippen molar-refractivity contribution in [3.8, 4) is 6.07 Å². The number of hydrogen-bond donors (Lipinski definition) is 3. The molecule has 45 heavy (non-hydrogen) atoms. The number of anilines is 3. The van der Waals surface area contributed by atoms with E-state index in [0.717, 1.165) is 11.2 Å². The SMILES string of the molecule is CS(=O)(=O)Nc1cccc(NC(=O)C2([C@@H](C(=O)NC3CC(F)(F)C3)c3ccccc3Cl)CCC(=O)N2c2cc(C#N)ccn2)c1. The van der Waals surface area contributed by atoms with Crippen LogP contribution in [0.3, 0.4) is 0 Å². The van der Waals surface area contributed by atoms with Gasteiger partial charge >= 0.3 is 0 Å². The molecule has 2 fully saturated rings. The summed E-state index contributed by atoms with van der Waals surface area (Å²) in [6, 6.07) is 15.8. The summed E-state index contributed by atoms with van der Waals surface area (Å²) in [7, 11) is -3.66. The van der Waals surface area contributed by atoms with Crippen molar-refractivity contribution in [2.24, 2.45) is 0 Å². The number of nitrogens with zero attached hydrogens (tertiary/aromatic N) is 3. The van der Waals surface area contributed by atoms with Gasteiger partial charge in [-0.05, 0) is 48.4 Å². The number of nitriles is 1. The van der Waals surface area contributed by atoms with Crippen LogP contribution in [0.4, 0.5) is 26.0 Å². The highest BCUT2D eigenvalue weighted by Crippen LogP contribution is 2.47. The molecule has 1 saturated carbocycles. The van der Waals surface area contributed by atoms with Crippen molar-refractivity contribution in [3.05, 3.63) is 83.0 Å².